The molecule has 3 heteroatoms. The van der Waals surface area contributed by atoms with E-state index in [1.807, 2.05) is 54.6 Å². The molecule has 0 saturated carbocycles. The van der Waals surface area contributed by atoms with Crippen molar-refractivity contribution in [3.63, 3.8) is 0 Å². The standard InChI is InChI=1S/C15H13ClO2/c1-11(15(16)17)18-14-9-7-13(8-10-14)12-5-3-2-4-6-12/h2-11H,1H3. The predicted octanol–water partition coefficient (Wildman–Crippen LogP) is 3.89. The zero-order chi connectivity index (χ0) is 13.0. The van der Waals surface area contributed by atoms with Crippen LogP contribution < -0.4 is 4.74 Å². The van der Waals surface area contributed by atoms with Gasteiger partial charge in [0.2, 0.25) is 0 Å². The van der Waals surface area contributed by atoms with Gasteiger partial charge < -0.3 is 4.74 Å². The van der Waals surface area contributed by atoms with Gasteiger partial charge in [0.1, 0.15) is 5.75 Å². The lowest BCUT2D eigenvalue weighted by Crippen LogP contribution is -2.18. The van der Waals surface area contributed by atoms with Crippen molar-refractivity contribution in [3.8, 4) is 16.9 Å². The van der Waals surface area contributed by atoms with Crippen LogP contribution in [-0.2, 0) is 4.79 Å². The number of benzene rings is 2. The number of hydrogen-bond donors (Lipinski definition) is 0. The van der Waals surface area contributed by atoms with E-state index in [1.54, 1.807) is 6.92 Å². The third-order valence-corrected chi connectivity index (χ3v) is 2.90. The van der Waals surface area contributed by atoms with E-state index in [2.05, 4.69) is 0 Å². The van der Waals surface area contributed by atoms with Gasteiger partial charge in [0.15, 0.2) is 6.10 Å². The van der Waals surface area contributed by atoms with E-state index in [-0.39, 0.29) is 0 Å². The lowest BCUT2D eigenvalue weighted by Gasteiger charge is -2.10. The van der Waals surface area contributed by atoms with Crippen LogP contribution in [0.1, 0.15) is 6.92 Å². The van der Waals surface area contributed by atoms with Gasteiger partial charge in [-0.25, -0.2) is 0 Å². The second-order valence-corrected chi connectivity index (χ2v) is 4.33. The molecular formula is C15H13ClO2. The Kier molecular flexibility index (Phi) is 4.00. The number of hydrogen-bond acceptors (Lipinski definition) is 2. The van der Waals surface area contributed by atoms with Crippen molar-refractivity contribution >= 4 is 16.8 Å². The van der Waals surface area contributed by atoms with Crippen LogP contribution in [0.15, 0.2) is 54.6 Å². The maximum absolute atomic E-state index is 10.9. The average molecular weight is 261 g/mol. The monoisotopic (exact) mass is 260 g/mol. The summed E-state index contributed by atoms with van der Waals surface area (Å²) in [5, 5.41) is -0.498. The number of rotatable bonds is 4. The molecule has 2 rings (SSSR count). The lowest BCUT2D eigenvalue weighted by molar-refractivity contribution is -0.117. The van der Waals surface area contributed by atoms with Gasteiger partial charge in [0.25, 0.3) is 5.24 Å². The third kappa shape index (κ3) is 3.11. The Labute approximate surface area is 111 Å². The summed E-state index contributed by atoms with van der Waals surface area (Å²) in [7, 11) is 0. The summed E-state index contributed by atoms with van der Waals surface area (Å²) in [4.78, 5) is 10.9. The zero-order valence-electron chi connectivity index (χ0n) is 9.97. The fraction of sp³-hybridized carbons (Fsp3) is 0.133. The molecule has 0 N–H and O–H groups in total. The molecule has 0 fully saturated rings. The Balaban J connectivity index is 2.13. The Morgan fingerprint density at radius 2 is 1.56 bits per heavy atom. The zero-order valence-corrected chi connectivity index (χ0v) is 10.7. The van der Waals surface area contributed by atoms with Crippen molar-refractivity contribution < 1.29 is 9.53 Å². The van der Waals surface area contributed by atoms with Crippen molar-refractivity contribution in [3.05, 3.63) is 54.6 Å². The van der Waals surface area contributed by atoms with Crippen molar-refractivity contribution in [2.75, 3.05) is 0 Å². The molecule has 0 spiro atoms. The van der Waals surface area contributed by atoms with Crippen LogP contribution in [0.5, 0.6) is 5.75 Å². The van der Waals surface area contributed by atoms with Crippen LogP contribution in [-0.4, -0.2) is 11.3 Å². The molecule has 0 aliphatic heterocycles. The van der Waals surface area contributed by atoms with E-state index in [1.165, 1.54) is 0 Å². The topological polar surface area (TPSA) is 26.3 Å². The number of carbonyl (C=O) groups excluding carboxylic acids is 1. The first-order chi connectivity index (χ1) is 8.66. The van der Waals surface area contributed by atoms with Crippen LogP contribution in [0.25, 0.3) is 11.1 Å². The van der Waals surface area contributed by atoms with Crippen LogP contribution in [0, 0.1) is 0 Å². The smallest absolute Gasteiger partial charge is 0.262 e. The highest BCUT2D eigenvalue weighted by molar-refractivity contribution is 6.64. The van der Waals surface area contributed by atoms with E-state index in [0.717, 1.165) is 11.1 Å². The molecule has 2 aromatic rings. The summed E-state index contributed by atoms with van der Waals surface area (Å²) >= 11 is 5.34. The molecule has 0 aromatic heterocycles. The molecule has 0 saturated heterocycles. The molecule has 1 atom stereocenters. The molecule has 92 valence electrons. The molecule has 0 bridgehead atoms. The number of halogens is 1. The molecular weight excluding hydrogens is 248 g/mol. The highest BCUT2D eigenvalue weighted by atomic mass is 35.5. The van der Waals surface area contributed by atoms with Gasteiger partial charge in [-0.1, -0.05) is 42.5 Å². The summed E-state index contributed by atoms with van der Waals surface area (Å²) in [5.74, 6) is 0.635. The van der Waals surface area contributed by atoms with E-state index < -0.39 is 11.3 Å². The van der Waals surface area contributed by atoms with Gasteiger partial charge in [-0.05, 0) is 41.8 Å². The molecule has 2 aromatic carbocycles. The Morgan fingerprint density at radius 1 is 1.00 bits per heavy atom. The molecule has 0 aliphatic rings. The minimum atomic E-state index is -0.630. The van der Waals surface area contributed by atoms with Crippen LogP contribution in [0.3, 0.4) is 0 Å². The summed E-state index contributed by atoms with van der Waals surface area (Å²) in [6.07, 6.45) is -0.630. The summed E-state index contributed by atoms with van der Waals surface area (Å²) in [6.45, 7) is 1.63. The normalized spacial score (nSPS) is 11.9. The summed E-state index contributed by atoms with van der Waals surface area (Å²) in [6, 6.07) is 17.6. The molecule has 0 amide bonds. The van der Waals surface area contributed by atoms with E-state index in [9.17, 15) is 4.79 Å². The van der Waals surface area contributed by atoms with Crippen molar-refractivity contribution in [2.45, 2.75) is 13.0 Å². The SMILES string of the molecule is CC(Oc1ccc(-c2ccccc2)cc1)C(=O)Cl. The second kappa shape index (κ2) is 5.69. The lowest BCUT2D eigenvalue weighted by atomic mass is 10.1. The fourth-order valence-electron chi connectivity index (χ4n) is 1.61. The maximum atomic E-state index is 10.9. The van der Waals surface area contributed by atoms with Crippen LogP contribution >= 0.6 is 11.6 Å². The Bertz CT molecular complexity index is 520. The summed E-state index contributed by atoms with van der Waals surface area (Å²) < 4.78 is 5.39. The van der Waals surface area contributed by atoms with E-state index in [4.69, 9.17) is 16.3 Å². The Morgan fingerprint density at radius 3 is 2.11 bits per heavy atom. The molecule has 1 unspecified atom stereocenters. The van der Waals surface area contributed by atoms with E-state index in [0.29, 0.717) is 5.75 Å². The van der Waals surface area contributed by atoms with Gasteiger partial charge in [0.05, 0.1) is 0 Å². The van der Waals surface area contributed by atoms with Crippen LogP contribution in [0.4, 0.5) is 0 Å². The molecule has 0 aliphatic carbocycles. The van der Waals surface area contributed by atoms with E-state index >= 15 is 0 Å². The third-order valence-electron chi connectivity index (χ3n) is 2.59. The maximum Gasteiger partial charge on any atom is 0.262 e. The van der Waals surface area contributed by atoms with Crippen LogP contribution in [0.2, 0.25) is 0 Å². The minimum Gasteiger partial charge on any atom is -0.482 e. The minimum absolute atomic E-state index is 0.498. The molecule has 0 heterocycles. The Hall–Kier alpha value is -1.80. The van der Waals surface area contributed by atoms with Crippen molar-refractivity contribution in [2.24, 2.45) is 0 Å². The second-order valence-electron chi connectivity index (χ2n) is 3.95. The van der Waals surface area contributed by atoms with Gasteiger partial charge >= 0.3 is 0 Å². The first kappa shape index (κ1) is 12.7. The van der Waals surface area contributed by atoms with Crippen molar-refractivity contribution in [1.29, 1.82) is 0 Å². The molecule has 0 radical (unpaired) electrons. The number of ether oxygens (including phenoxy) is 1. The average Bonchev–Trinajstić information content (AvgIpc) is 2.40. The highest BCUT2D eigenvalue weighted by Crippen LogP contribution is 2.22. The molecule has 18 heavy (non-hydrogen) atoms. The molecule has 2 nitrogen and oxygen atoms in total. The first-order valence-corrected chi connectivity index (χ1v) is 6.06. The fourth-order valence-corrected chi connectivity index (χ4v) is 1.65. The van der Waals surface area contributed by atoms with Crippen molar-refractivity contribution in [1.82, 2.24) is 0 Å². The quantitative estimate of drug-likeness (QED) is 0.780. The predicted molar refractivity (Wildman–Crippen MR) is 72.8 cm³/mol. The van der Waals surface area contributed by atoms with Gasteiger partial charge in [0, 0.05) is 0 Å². The first-order valence-electron chi connectivity index (χ1n) is 5.68. The summed E-state index contributed by atoms with van der Waals surface area (Å²) in [5.41, 5.74) is 2.25. The highest BCUT2D eigenvalue weighted by Gasteiger charge is 2.11. The van der Waals surface area contributed by atoms with Gasteiger partial charge in [-0.15, -0.1) is 0 Å². The largest absolute Gasteiger partial charge is 0.482 e. The number of carbonyl (C=O) groups is 1. The van der Waals surface area contributed by atoms with Gasteiger partial charge in [-0.2, -0.15) is 0 Å². The van der Waals surface area contributed by atoms with Gasteiger partial charge in [-0.3, -0.25) is 4.79 Å².